The summed E-state index contributed by atoms with van der Waals surface area (Å²) < 4.78 is 57.5. The second kappa shape index (κ2) is 17.2. The van der Waals surface area contributed by atoms with Gasteiger partial charge in [0.1, 0.15) is 0 Å². The second-order valence-electron chi connectivity index (χ2n) is 8.71. The number of unbranched alkanes of at least 4 members (excludes halogenated alkanes) is 13. The molecule has 1 rings (SSSR count). The molecule has 4 nitrogen and oxygen atoms in total. The van der Waals surface area contributed by atoms with Gasteiger partial charge in [-0.25, -0.2) is 0 Å². The molecule has 1 atom stereocenters. The topological polar surface area (TPSA) is 57.6 Å². The van der Waals surface area contributed by atoms with E-state index in [-0.39, 0.29) is 0 Å². The van der Waals surface area contributed by atoms with Crippen molar-refractivity contribution in [1.82, 2.24) is 4.90 Å². The van der Waals surface area contributed by atoms with E-state index in [2.05, 4.69) is 18.7 Å². The number of alkyl halides is 3. The van der Waals surface area contributed by atoms with E-state index in [9.17, 15) is 13.2 Å². The molecule has 0 bridgehead atoms. The number of rotatable bonds is 15. The third kappa shape index (κ3) is 17.4. The highest BCUT2D eigenvalue weighted by atomic mass is 32.2. The number of hydrogen-bond donors (Lipinski definition) is 1. The fourth-order valence-corrected chi connectivity index (χ4v) is 3.76. The minimum atomic E-state index is -5.84. The lowest BCUT2D eigenvalue weighted by Gasteiger charge is -2.14. The first-order valence-corrected chi connectivity index (χ1v) is 13.3. The summed E-state index contributed by atoms with van der Waals surface area (Å²) in [5.74, 6) is 0.951. The molecular formula is C22H44F3NO3S. The molecule has 0 aromatic heterocycles. The minimum Gasteiger partial charge on any atom is -0.303 e. The smallest absolute Gasteiger partial charge is 0.303 e. The Morgan fingerprint density at radius 3 is 1.50 bits per heavy atom. The Hall–Kier alpha value is -0.340. The molecule has 0 radical (unpaired) electrons. The Balaban J connectivity index is 0.000000890. The summed E-state index contributed by atoms with van der Waals surface area (Å²) in [5.41, 5.74) is -5.53. The first kappa shape index (κ1) is 29.7. The molecule has 0 aromatic carbocycles. The van der Waals surface area contributed by atoms with Crippen molar-refractivity contribution in [2.45, 2.75) is 116 Å². The monoisotopic (exact) mass is 459 g/mol. The highest BCUT2D eigenvalue weighted by Crippen LogP contribution is 2.20. The van der Waals surface area contributed by atoms with Crippen LogP contribution in [0.25, 0.3) is 0 Å². The molecule has 1 saturated heterocycles. The summed E-state index contributed by atoms with van der Waals surface area (Å²) in [5, 5.41) is 0. The van der Waals surface area contributed by atoms with Crippen molar-refractivity contribution in [1.29, 1.82) is 0 Å². The molecule has 1 N–H and O–H groups in total. The van der Waals surface area contributed by atoms with Gasteiger partial charge in [0.25, 0.3) is 0 Å². The maximum atomic E-state index is 10.7. The lowest BCUT2D eigenvalue weighted by molar-refractivity contribution is -0.0510. The predicted molar refractivity (Wildman–Crippen MR) is 118 cm³/mol. The van der Waals surface area contributed by atoms with Gasteiger partial charge in [0.2, 0.25) is 0 Å². The lowest BCUT2D eigenvalue weighted by atomic mass is 10.0. The first-order valence-electron chi connectivity index (χ1n) is 11.8. The van der Waals surface area contributed by atoms with Gasteiger partial charge in [-0.1, -0.05) is 97.3 Å². The third-order valence-electron chi connectivity index (χ3n) is 5.63. The molecule has 1 aliphatic heterocycles. The van der Waals surface area contributed by atoms with E-state index in [1.165, 1.54) is 116 Å². The summed E-state index contributed by atoms with van der Waals surface area (Å²) in [6, 6.07) is 0. The van der Waals surface area contributed by atoms with Crippen molar-refractivity contribution in [3.05, 3.63) is 0 Å². The van der Waals surface area contributed by atoms with E-state index in [0.717, 1.165) is 5.92 Å². The van der Waals surface area contributed by atoms with Crippen LogP contribution in [0.4, 0.5) is 13.2 Å². The molecule has 1 unspecified atom stereocenters. The van der Waals surface area contributed by atoms with E-state index >= 15 is 0 Å². The Kier molecular flexibility index (Phi) is 17.0. The molecule has 0 saturated carbocycles. The summed E-state index contributed by atoms with van der Waals surface area (Å²) in [7, 11) is -5.84. The third-order valence-corrected chi connectivity index (χ3v) is 6.21. The van der Waals surface area contributed by atoms with E-state index < -0.39 is 15.6 Å². The van der Waals surface area contributed by atoms with Crippen LogP contribution in [0.15, 0.2) is 0 Å². The highest BCUT2D eigenvalue weighted by molar-refractivity contribution is 7.86. The maximum absolute atomic E-state index is 10.7. The molecule has 0 aliphatic carbocycles. The summed E-state index contributed by atoms with van der Waals surface area (Å²) in [4.78, 5) is 2.67. The number of hydrogen-bond acceptors (Lipinski definition) is 3. The Labute approximate surface area is 182 Å². The van der Waals surface area contributed by atoms with E-state index in [0.29, 0.717) is 0 Å². The normalized spacial score (nSPS) is 17.7. The van der Waals surface area contributed by atoms with Crippen molar-refractivity contribution in [3.63, 3.8) is 0 Å². The van der Waals surface area contributed by atoms with Gasteiger partial charge in [0.15, 0.2) is 0 Å². The summed E-state index contributed by atoms with van der Waals surface area (Å²) in [6.07, 6.45) is 21.9. The van der Waals surface area contributed by atoms with Crippen molar-refractivity contribution in [2.24, 2.45) is 5.92 Å². The molecule has 0 aromatic rings. The van der Waals surface area contributed by atoms with Crippen LogP contribution in [0.3, 0.4) is 0 Å². The quantitative estimate of drug-likeness (QED) is 0.160. The molecule has 1 heterocycles. The van der Waals surface area contributed by atoms with Crippen molar-refractivity contribution >= 4 is 10.1 Å². The zero-order chi connectivity index (χ0) is 22.9. The standard InChI is InChI=1S/C21H43N.CHF3O3S/c1-3-4-5-6-7-8-9-10-11-12-13-14-15-16-18-22-19-17-21(2)20-22;2-1(3,4)8(5,6)7/h21H,3-20H2,1-2H3;(H,5,6,7). The van der Waals surface area contributed by atoms with E-state index in [4.69, 9.17) is 13.0 Å². The molecule has 182 valence electrons. The van der Waals surface area contributed by atoms with Crippen LogP contribution in [0, 0.1) is 5.92 Å². The summed E-state index contributed by atoms with van der Waals surface area (Å²) >= 11 is 0. The summed E-state index contributed by atoms with van der Waals surface area (Å²) in [6.45, 7) is 8.78. The fraction of sp³-hybridized carbons (Fsp3) is 1.00. The Bertz CT molecular complexity index is 498. The van der Waals surface area contributed by atoms with E-state index in [1.54, 1.807) is 0 Å². The zero-order valence-corrected chi connectivity index (χ0v) is 19.9. The van der Waals surface area contributed by atoms with Gasteiger partial charge in [-0.2, -0.15) is 21.6 Å². The van der Waals surface area contributed by atoms with Gasteiger partial charge < -0.3 is 4.90 Å². The predicted octanol–water partition coefficient (Wildman–Crippen LogP) is 7.20. The largest absolute Gasteiger partial charge is 0.522 e. The molecule has 30 heavy (non-hydrogen) atoms. The molecule has 0 amide bonds. The fourth-order valence-electron chi connectivity index (χ4n) is 3.76. The molecule has 1 fully saturated rings. The number of likely N-dealkylation sites (tertiary alicyclic amines) is 1. The Morgan fingerprint density at radius 1 is 0.833 bits per heavy atom. The first-order chi connectivity index (χ1) is 14.1. The van der Waals surface area contributed by atoms with Crippen LogP contribution in [0.5, 0.6) is 0 Å². The molecular weight excluding hydrogens is 415 g/mol. The zero-order valence-electron chi connectivity index (χ0n) is 19.1. The van der Waals surface area contributed by atoms with Gasteiger partial charge >= 0.3 is 15.6 Å². The van der Waals surface area contributed by atoms with Gasteiger partial charge in [0, 0.05) is 6.54 Å². The Morgan fingerprint density at radius 2 is 1.20 bits per heavy atom. The lowest BCUT2D eigenvalue weighted by Crippen LogP contribution is -2.21. The van der Waals surface area contributed by atoms with Crippen molar-refractivity contribution in [2.75, 3.05) is 19.6 Å². The molecule has 8 heteroatoms. The van der Waals surface area contributed by atoms with Crippen LogP contribution in [-0.2, 0) is 10.1 Å². The highest BCUT2D eigenvalue weighted by Gasteiger charge is 2.44. The minimum absolute atomic E-state index is 0.951. The molecule has 0 spiro atoms. The van der Waals surface area contributed by atoms with Crippen LogP contribution >= 0.6 is 0 Å². The van der Waals surface area contributed by atoms with Crippen LogP contribution < -0.4 is 0 Å². The number of nitrogens with zero attached hydrogens (tertiary/aromatic N) is 1. The second-order valence-corrected chi connectivity index (χ2v) is 10.1. The average Bonchev–Trinajstić information content (AvgIpc) is 3.06. The SMILES string of the molecule is CCCCCCCCCCCCCCCCN1CCC(C)C1.O=S(=O)(O)C(F)(F)F. The average molecular weight is 460 g/mol. The van der Waals surface area contributed by atoms with E-state index in [1.807, 2.05) is 0 Å². The van der Waals surface area contributed by atoms with Gasteiger partial charge in [-0.05, 0) is 31.8 Å². The van der Waals surface area contributed by atoms with Crippen LogP contribution in [-0.4, -0.2) is 43.0 Å². The van der Waals surface area contributed by atoms with Gasteiger partial charge in [-0.3, -0.25) is 4.55 Å². The van der Waals surface area contributed by atoms with Crippen molar-refractivity contribution in [3.8, 4) is 0 Å². The van der Waals surface area contributed by atoms with Crippen molar-refractivity contribution < 1.29 is 26.1 Å². The van der Waals surface area contributed by atoms with Gasteiger partial charge in [0.05, 0.1) is 0 Å². The van der Waals surface area contributed by atoms with Gasteiger partial charge in [-0.15, -0.1) is 0 Å². The maximum Gasteiger partial charge on any atom is 0.522 e. The van der Waals surface area contributed by atoms with Crippen LogP contribution in [0.2, 0.25) is 0 Å². The molecule has 1 aliphatic rings. The van der Waals surface area contributed by atoms with Crippen LogP contribution in [0.1, 0.15) is 110 Å². The number of halogens is 3.